The van der Waals surface area contributed by atoms with Gasteiger partial charge in [-0.3, -0.25) is 10.9 Å². The summed E-state index contributed by atoms with van der Waals surface area (Å²) in [4.78, 5) is 0. The van der Waals surface area contributed by atoms with Crippen molar-refractivity contribution in [3.05, 3.63) is 0 Å². The van der Waals surface area contributed by atoms with E-state index in [-0.39, 0.29) is 6.10 Å². The molecule has 1 saturated carbocycles. The second-order valence-corrected chi connectivity index (χ2v) is 7.26. The molecule has 0 aromatic heterocycles. The van der Waals surface area contributed by atoms with Crippen LogP contribution >= 0.6 is 24.4 Å². The van der Waals surface area contributed by atoms with Gasteiger partial charge in [-0.05, 0) is 55.5 Å². The lowest BCUT2D eigenvalue weighted by molar-refractivity contribution is 0.114. The highest BCUT2D eigenvalue weighted by Gasteiger charge is 2.27. The Bertz CT molecular complexity index is 388. The first-order valence-electron chi connectivity index (χ1n) is 8.28. The fourth-order valence-corrected chi connectivity index (χ4v) is 3.50. The number of rotatable bonds is 3. The average molecular weight is 345 g/mol. The number of thiocarbonyl (C=S) groups is 2. The lowest BCUT2D eigenvalue weighted by Gasteiger charge is -2.35. The summed E-state index contributed by atoms with van der Waals surface area (Å²) in [5.74, 6) is 1.38. The topological polar surface area (TPSA) is 57.3 Å². The number of ether oxygens (including phenoxy) is 1. The normalized spacial score (nSPS) is 31.4. The van der Waals surface area contributed by atoms with E-state index in [2.05, 4.69) is 35.3 Å². The van der Waals surface area contributed by atoms with Crippen molar-refractivity contribution in [3.63, 3.8) is 0 Å². The van der Waals surface area contributed by atoms with Crippen LogP contribution in [0.1, 0.15) is 46.0 Å². The predicted octanol–water partition coefficient (Wildman–Crippen LogP) is 1.83. The highest BCUT2D eigenvalue weighted by Crippen LogP contribution is 2.29. The fourth-order valence-electron chi connectivity index (χ4n) is 3.16. The molecular weight excluding hydrogens is 316 g/mol. The predicted molar refractivity (Wildman–Crippen MR) is 97.5 cm³/mol. The van der Waals surface area contributed by atoms with E-state index >= 15 is 0 Å². The van der Waals surface area contributed by atoms with E-state index < -0.39 is 0 Å². The summed E-state index contributed by atoms with van der Waals surface area (Å²) in [6.45, 7) is 6.21. The van der Waals surface area contributed by atoms with Gasteiger partial charge in [-0.2, -0.15) is 0 Å². The van der Waals surface area contributed by atoms with Crippen molar-refractivity contribution in [2.45, 2.75) is 58.1 Å². The molecule has 4 N–H and O–H groups in total. The fraction of sp³-hybridized carbons (Fsp3) is 0.867. The molecule has 0 unspecified atom stereocenters. The van der Waals surface area contributed by atoms with Crippen molar-refractivity contribution >= 4 is 34.7 Å². The van der Waals surface area contributed by atoms with Gasteiger partial charge in [-0.15, -0.1) is 0 Å². The number of hydrogen-bond donors (Lipinski definition) is 4. The second-order valence-electron chi connectivity index (χ2n) is 6.44. The number of hydrogen-bond acceptors (Lipinski definition) is 3. The van der Waals surface area contributed by atoms with Gasteiger partial charge in [0.05, 0.1) is 6.10 Å². The molecule has 0 aromatic rings. The van der Waals surface area contributed by atoms with Crippen LogP contribution < -0.4 is 21.5 Å². The molecule has 2 aliphatic rings. The number of nitrogens with one attached hydrogen (secondary N) is 4. The van der Waals surface area contributed by atoms with Crippen molar-refractivity contribution in [2.24, 2.45) is 11.8 Å². The molecular formula is C15H28N4OS2. The van der Waals surface area contributed by atoms with Crippen LogP contribution in [0.2, 0.25) is 0 Å². The summed E-state index contributed by atoms with van der Waals surface area (Å²) in [7, 11) is 0. The van der Waals surface area contributed by atoms with Gasteiger partial charge >= 0.3 is 0 Å². The van der Waals surface area contributed by atoms with Crippen molar-refractivity contribution in [3.8, 4) is 0 Å². The standard InChI is InChI=1S/C15H28N4OS2/c1-10-5-3-7-13(11(10)2)17-15(22)19-18-14(21)16-9-12-6-4-8-20-12/h10-13H,3-9H2,1-2H3,(H2,16,18,21)(H2,17,19,22)/t10-,11+,12-,13-/m0/s1. The van der Waals surface area contributed by atoms with E-state index in [0.717, 1.165) is 31.9 Å². The van der Waals surface area contributed by atoms with Crippen molar-refractivity contribution in [1.29, 1.82) is 0 Å². The maximum atomic E-state index is 5.54. The molecule has 1 aliphatic heterocycles. The molecule has 0 spiro atoms. The molecule has 4 atom stereocenters. The second kappa shape index (κ2) is 8.84. The summed E-state index contributed by atoms with van der Waals surface area (Å²) in [6.07, 6.45) is 6.26. The molecule has 2 rings (SSSR count). The monoisotopic (exact) mass is 344 g/mol. The van der Waals surface area contributed by atoms with Crippen molar-refractivity contribution in [2.75, 3.05) is 13.2 Å². The Morgan fingerprint density at radius 3 is 2.55 bits per heavy atom. The minimum Gasteiger partial charge on any atom is -0.376 e. The third-order valence-corrected chi connectivity index (χ3v) is 5.29. The first kappa shape index (κ1) is 17.7. The van der Waals surface area contributed by atoms with E-state index in [4.69, 9.17) is 29.2 Å². The van der Waals surface area contributed by atoms with Crippen LogP contribution in [0.25, 0.3) is 0 Å². The largest absolute Gasteiger partial charge is 0.376 e. The summed E-state index contributed by atoms with van der Waals surface area (Å²) >= 11 is 10.6. The third kappa shape index (κ3) is 5.52. The van der Waals surface area contributed by atoms with Crippen LogP contribution in [0.5, 0.6) is 0 Å². The Hall–Kier alpha value is -0.660. The van der Waals surface area contributed by atoms with Crippen LogP contribution in [0.4, 0.5) is 0 Å². The molecule has 1 heterocycles. The Balaban J connectivity index is 1.61. The van der Waals surface area contributed by atoms with Crippen LogP contribution in [0.3, 0.4) is 0 Å². The summed E-state index contributed by atoms with van der Waals surface area (Å²) < 4.78 is 5.54. The first-order chi connectivity index (χ1) is 10.6. The molecule has 0 radical (unpaired) electrons. The molecule has 0 bridgehead atoms. The van der Waals surface area contributed by atoms with Crippen molar-refractivity contribution in [1.82, 2.24) is 21.5 Å². The maximum Gasteiger partial charge on any atom is 0.185 e. The van der Waals surface area contributed by atoms with Crippen LogP contribution in [-0.2, 0) is 4.74 Å². The van der Waals surface area contributed by atoms with E-state index in [1.807, 2.05) is 0 Å². The zero-order chi connectivity index (χ0) is 15.9. The lowest BCUT2D eigenvalue weighted by Crippen LogP contribution is -2.54. The van der Waals surface area contributed by atoms with Crippen LogP contribution in [0, 0.1) is 11.8 Å². The minimum atomic E-state index is 0.273. The Morgan fingerprint density at radius 1 is 1.05 bits per heavy atom. The first-order valence-corrected chi connectivity index (χ1v) is 9.10. The Kier molecular flexibility index (Phi) is 7.11. The summed E-state index contributed by atoms with van der Waals surface area (Å²) in [5.41, 5.74) is 5.90. The molecule has 0 amide bonds. The SMILES string of the molecule is C[C@H]1[C@@H](NC(=S)NNC(=S)NC[C@@H]2CCCO2)CCC[C@@H]1C. The van der Waals surface area contributed by atoms with E-state index in [9.17, 15) is 0 Å². The quantitative estimate of drug-likeness (QED) is 0.460. The molecule has 126 valence electrons. The van der Waals surface area contributed by atoms with Gasteiger partial charge in [-0.25, -0.2) is 0 Å². The molecule has 7 heteroatoms. The van der Waals surface area contributed by atoms with Gasteiger partial charge in [0, 0.05) is 19.2 Å². The van der Waals surface area contributed by atoms with E-state index in [0.29, 0.717) is 22.2 Å². The lowest BCUT2D eigenvalue weighted by atomic mass is 9.78. The smallest absolute Gasteiger partial charge is 0.185 e. The minimum absolute atomic E-state index is 0.273. The van der Waals surface area contributed by atoms with E-state index in [1.165, 1.54) is 19.3 Å². The van der Waals surface area contributed by atoms with E-state index in [1.54, 1.807) is 0 Å². The number of hydrazine groups is 1. The van der Waals surface area contributed by atoms with Gasteiger partial charge < -0.3 is 15.4 Å². The van der Waals surface area contributed by atoms with Gasteiger partial charge in [0.15, 0.2) is 10.2 Å². The zero-order valence-corrected chi connectivity index (χ0v) is 15.1. The molecule has 1 saturated heterocycles. The molecule has 2 fully saturated rings. The van der Waals surface area contributed by atoms with Crippen LogP contribution in [-0.4, -0.2) is 35.5 Å². The highest BCUT2D eigenvalue weighted by molar-refractivity contribution is 7.80. The molecule has 0 aromatic carbocycles. The van der Waals surface area contributed by atoms with Gasteiger partial charge in [-0.1, -0.05) is 26.7 Å². The maximum absolute atomic E-state index is 5.54. The Morgan fingerprint density at radius 2 is 1.82 bits per heavy atom. The molecule has 22 heavy (non-hydrogen) atoms. The average Bonchev–Trinajstić information content (AvgIpc) is 3.01. The molecule has 5 nitrogen and oxygen atoms in total. The summed E-state index contributed by atoms with van der Waals surface area (Å²) in [6, 6.07) is 0.443. The van der Waals surface area contributed by atoms with Crippen molar-refractivity contribution < 1.29 is 4.74 Å². The zero-order valence-electron chi connectivity index (χ0n) is 13.5. The van der Waals surface area contributed by atoms with Gasteiger partial charge in [0.1, 0.15) is 0 Å². The highest BCUT2D eigenvalue weighted by atomic mass is 32.1. The molecule has 1 aliphatic carbocycles. The van der Waals surface area contributed by atoms with Crippen LogP contribution in [0.15, 0.2) is 0 Å². The van der Waals surface area contributed by atoms with Gasteiger partial charge in [0.25, 0.3) is 0 Å². The third-order valence-electron chi connectivity index (χ3n) is 4.83. The Labute approximate surface area is 144 Å². The van der Waals surface area contributed by atoms with Gasteiger partial charge in [0.2, 0.25) is 0 Å². The summed E-state index contributed by atoms with van der Waals surface area (Å²) in [5, 5.41) is 7.69.